The summed E-state index contributed by atoms with van der Waals surface area (Å²) in [5.74, 6) is -0.154. The maximum absolute atomic E-state index is 12.2. The van der Waals surface area contributed by atoms with Gasteiger partial charge in [0.05, 0.1) is 30.5 Å². The largest absolute Gasteiger partial charge is 0.394 e. The van der Waals surface area contributed by atoms with Crippen LogP contribution in [0, 0.1) is 45.3 Å². The second-order valence-electron chi connectivity index (χ2n) is 17.4. The predicted molar refractivity (Wildman–Crippen MR) is 170 cm³/mol. The molecule has 260 valence electrons. The molecule has 4 saturated carbocycles. The van der Waals surface area contributed by atoms with Crippen LogP contribution in [0.15, 0.2) is 11.6 Å². The van der Waals surface area contributed by atoms with E-state index in [4.69, 9.17) is 9.47 Å². The number of fused-ring (bicyclic) bond motifs is 5. The molecule has 1 aliphatic heterocycles. The molecule has 0 aromatic rings. The first-order chi connectivity index (χ1) is 20.8. The third-order valence-electron chi connectivity index (χ3n) is 14.5. The highest BCUT2D eigenvalue weighted by Crippen LogP contribution is 2.76. The van der Waals surface area contributed by atoms with Crippen molar-refractivity contribution in [2.75, 3.05) is 6.61 Å². The van der Waals surface area contributed by atoms with Gasteiger partial charge in [-0.25, -0.2) is 0 Å². The molecule has 3 unspecified atom stereocenters. The smallest absolute Gasteiger partial charge is 0.187 e. The highest BCUT2D eigenvalue weighted by atomic mass is 16.7. The molecule has 5 rings (SSSR count). The van der Waals surface area contributed by atoms with E-state index in [1.54, 1.807) is 0 Å². The second kappa shape index (κ2) is 12.1. The van der Waals surface area contributed by atoms with Gasteiger partial charge in [0, 0.05) is 0 Å². The summed E-state index contributed by atoms with van der Waals surface area (Å²) < 4.78 is 12.6. The minimum atomic E-state index is -1.53. The highest BCUT2D eigenvalue weighted by Gasteiger charge is 2.73. The molecule has 7 N–H and O–H groups in total. The van der Waals surface area contributed by atoms with Gasteiger partial charge in [-0.2, -0.15) is 0 Å². The molecule has 0 aromatic heterocycles. The number of allylic oxidation sites excluding steroid dienone is 2. The summed E-state index contributed by atoms with van der Waals surface area (Å²) in [7, 11) is 0. The summed E-state index contributed by atoms with van der Waals surface area (Å²) in [6, 6.07) is 0. The lowest BCUT2D eigenvalue weighted by molar-refractivity contribution is -0.336. The van der Waals surface area contributed by atoms with Crippen LogP contribution in [0.25, 0.3) is 0 Å². The molecule has 5 fully saturated rings. The van der Waals surface area contributed by atoms with Crippen LogP contribution in [0.5, 0.6) is 0 Å². The Morgan fingerprint density at radius 3 is 2.18 bits per heavy atom. The molecule has 16 atom stereocenters. The molecule has 1 saturated heterocycles. The second-order valence-corrected chi connectivity index (χ2v) is 17.4. The monoisotopic (exact) mass is 638 g/mol. The molecule has 1 heterocycles. The summed E-state index contributed by atoms with van der Waals surface area (Å²) in [6.45, 7) is 16.7. The fraction of sp³-hybridized carbons (Fsp3) is 0.944. The van der Waals surface area contributed by atoms with Crippen molar-refractivity contribution in [3.05, 3.63) is 11.6 Å². The van der Waals surface area contributed by atoms with Crippen LogP contribution in [0.1, 0.15) is 107 Å². The van der Waals surface area contributed by atoms with Crippen LogP contribution in [-0.4, -0.2) is 97.0 Å². The van der Waals surface area contributed by atoms with Gasteiger partial charge in [-0.15, -0.1) is 0 Å². The van der Waals surface area contributed by atoms with Crippen LogP contribution in [0.2, 0.25) is 0 Å². The Balaban J connectivity index is 1.51. The molecule has 0 amide bonds. The Labute approximate surface area is 270 Å². The summed E-state index contributed by atoms with van der Waals surface area (Å²) in [5, 5.41) is 76.9. The van der Waals surface area contributed by atoms with Gasteiger partial charge in [0.25, 0.3) is 0 Å². The Morgan fingerprint density at radius 2 is 1.56 bits per heavy atom. The molecule has 9 nitrogen and oxygen atoms in total. The van der Waals surface area contributed by atoms with E-state index in [0.717, 1.165) is 19.3 Å². The van der Waals surface area contributed by atoms with Gasteiger partial charge in [0.15, 0.2) is 6.29 Å². The first-order valence-corrected chi connectivity index (χ1v) is 17.4. The maximum Gasteiger partial charge on any atom is 0.187 e. The molecule has 45 heavy (non-hydrogen) atoms. The van der Waals surface area contributed by atoms with E-state index in [1.807, 2.05) is 20.8 Å². The van der Waals surface area contributed by atoms with Crippen molar-refractivity contribution in [2.45, 2.75) is 161 Å². The van der Waals surface area contributed by atoms with Crippen molar-refractivity contribution in [1.29, 1.82) is 0 Å². The number of hydrogen-bond acceptors (Lipinski definition) is 9. The van der Waals surface area contributed by atoms with Crippen LogP contribution in [0.4, 0.5) is 0 Å². The molecular weight excluding hydrogens is 576 g/mol. The summed E-state index contributed by atoms with van der Waals surface area (Å²) >= 11 is 0. The van der Waals surface area contributed by atoms with Crippen molar-refractivity contribution in [2.24, 2.45) is 45.3 Å². The number of rotatable bonds is 7. The fourth-order valence-corrected chi connectivity index (χ4v) is 12.0. The summed E-state index contributed by atoms with van der Waals surface area (Å²) in [4.78, 5) is 0. The van der Waals surface area contributed by atoms with Crippen molar-refractivity contribution >= 4 is 0 Å². The fourth-order valence-electron chi connectivity index (χ4n) is 12.0. The first-order valence-electron chi connectivity index (χ1n) is 17.4. The Kier molecular flexibility index (Phi) is 9.56. The van der Waals surface area contributed by atoms with Crippen LogP contribution < -0.4 is 0 Å². The quantitative estimate of drug-likeness (QED) is 0.208. The molecular formula is C36H62O9. The molecule has 0 spiro atoms. The van der Waals surface area contributed by atoms with Gasteiger partial charge in [-0.1, -0.05) is 46.3 Å². The van der Waals surface area contributed by atoms with Gasteiger partial charge in [-0.05, 0) is 117 Å². The van der Waals surface area contributed by atoms with Gasteiger partial charge in [-0.3, -0.25) is 0 Å². The average molecular weight is 639 g/mol. The van der Waals surface area contributed by atoms with E-state index in [-0.39, 0.29) is 39.9 Å². The Bertz CT molecular complexity index is 1110. The number of ether oxygens (including phenoxy) is 2. The molecule has 0 bridgehead atoms. The maximum atomic E-state index is 12.2. The zero-order chi connectivity index (χ0) is 33.5. The molecule has 4 aliphatic carbocycles. The third kappa shape index (κ3) is 5.39. The third-order valence-corrected chi connectivity index (χ3v) is 14.5. The average Bonchev–Trinajstić information content (AvgIpc) is 3.33. The van der Waals surface area contributed by atoms with E-state index in [1.165, 1.54) is 5.57 Å². The number of hydrogen-bond donors (Lipinski definition) is 7. The first kappa shape index (κ1) is 35.7. The Hall–Kier alpha value is -0.620. The van der Waals surface area contributed by atoms with E-state index >= 15 is 0 Å². The van der Waals surface area contributed by atoms with Crippen molar-refractivity contribution < 1.29 is 45.2 Å². The zero-order valence-corrected chi connectivity index (χ0v) is 28.8. The van der Waals surface area contributed by atoms with Crippen molar-refractivity contribution in [3.63, 3.8) is 0 Å². The lowest BCUT2D eigenvalue weighted by atomic mass is 9.34. The number of aliphatic hydroxyl groups is 7. The standard InChI is InChI=1S/C36H62O9/c1-19(2)10-9-13-36(8,45-31-29(43)28(42)27(41)23(18-37)44-31)20-11-15-34(6)26(20)21(38)16-24-33(5)14-12-25(40)32(3,4)30(33)22(39)17-35(24,34)7/h10,20-31,37-43H,9,11-18H2,1-8H3/t20-,21?,22?,23+,24+,25?,26-,27+,28-,29+,30-,31-,33+,34+,35+,36-/m0/s1. The topological polar surface area (TPSA) is 160 Å². The zero-order valence-electron chi connectivity index (χ0n) is 28.8. The minimum Gasteiger partial charge on any atom is -0.394 e. The van der Waals surface area contributed by atoms with Gasteiger partial charge in [0.2, 0.25) is 0 Å². The number of aliphatic hydroxyl groups excluding tert-OH is 7. The minimum absolute atomic E-state index is 0.0692. The van der Waals surface area contributed by atoms with E-state index in [0.29, 0.717) is 32.1 Å². The van der Waals surface area contributed by atoms with E-state index < -0.39 is 66.6 Å². The van der Waals surface area contributed by atoms with Crippen LogP contribution in [0.3, 0.4) is 0 Å². The summed E-state index contributed by atoms with van der Waals surface area (Å²) in [5.41, 5.74) is -0.944. The lowest BCUT2D eigenvalue weighted by Gasteiger charge is -2.71. The van der Waals surface area contributed by atoms with Crippen molar-refractivity contribution in [3.8, 4) is 0 Å². The lowest BCUT2D eigenvalue weighted by Crippen LogP contribution is -2.70. The van der Waals surface area contributed by atoms with Crippen LogP contribution >= 0.6 is 0 Å². The molecule has 0 radical (unpaired) electrons. The molecule has 5 aliphatic rings. The van der Waals surface area contributed by atoms with Crippen LogP contribution in [-0.2, 0) is 9.47 Å². The normalized spacial score (nSPS) is 52.2. The van der Waals surface area contributed by atoms with Gasteiger partial charge in [0.1, 0.15) is 24.4 Å². The van der Waals surface area contributed by atoms with E-state index in [9.17, 15) is 35.7 Å². The van der Waals surface area contributed by atoms with E-state index in [2.05, 4.69) is 40.7 Å². The molecule has 9 heteroatoms. The predicted octanol–water partition coefficient (Wildman–Crippen LogP) is 3.30. The van der Waals surface area contributed by atoms with Crippen molar-refractivity contribution in [1.82, 2.24) is 0 Å². The highest BCUT2D eigenvalue weighted by molar-refractivity contribution is 5.21. The van der Waals surface area contributed by atoms with Gasteiger partial charge < -0.3 is 45.2 Å². The Morgan fingerprint density at radius 1 is 0.889 bits per heavy atom. The van der Waals surface area contributed by atoms with Gasteiger partial charge >= 0.3 is 0 Å². The molecule has 0 aromatic carbocycles. The summed E-state index contributed by atoms with van der Waals surface area (Å²) in [6.07, 6.45) is -0.678. The SMILES string of the molecule is CC(C)=CCC[C@](C)(O[C@@H]1O[C@H](CO)[C@@H](O)[C@H](O)[C@H]1O)[C@H]1CC[C@]2(C)[C@@H]1C(O)C[C@@H]1[C@@]3(C)CCC(O)C(C)(C)[C@@H]3C(O)C[C@]12C.